The molecule has 2 aliphatic rings. The van der Waals surface area contributed by atoms with Crippen LogP contribution < -0.4 is 9.64 Å². The molecule has 0 spiro atoms. The molecule has 9 aromatic carbocycles. The van der Waals surface area contributed by atoms with E-state index in [9.17, 15) is 0 Å². The fourth-order valence-electron chi connectivity index (χ4n) is 9.12. The zero-order chi connectivity index (χ0) is 38.1. The van der Waals surface area contributed by atoms with Crippen molar-refractivity contribution in [3.05, 3.63) is 211 Å². The van der Waals surface area contributed by atoms with Crippen LogP contribution in [0.5, 0.6) is 11.5 Å². The minimum atomic E-state index is -0.122. The highest BCUT2D eigenvalue weighted by Gasteiger charge is 2.36. The largest absolute Gasteiger partial charge is 0.456 e. The number of fused-ring (bicyclic) bond motifs is 9. The molecule has 9 aromatic rings. The zero-order valence-electron chi connectivity index (χ0n) is 31.9. The van der Waals surface area contributed by atoms with Crippen molar-refractivity contribution in [2.24, 2.45) is 0 Å². The molecule has 1 aliphatic carbocycles. The summed E-state index contributed by atoms with van der Waals surface area (Å²) >= 11 is 0. The summed E-state index contributed by atoms with van der Waals surface area (Å²) in [6, 6.07) is 72.6. The zero-order valence-corrected chi connectivity index (χ0v) is 31.9. The highest BCUT2D eigenvalue weighted by Crippen LogP contribution is 2.52. The monoisotopic (exact) mass is 729 g/mol. The molecule has 0 saturated heterocycles. The van der Waals surface area contributed by atoms with E-state index in [2.05, 4.69) is 219 Å². The lowest BCUT2D eigenvalue weighted by Crippen LogP contribution is -2.16. The van der Waals surface area contributed by atoms with E-state index in [1.54, 1.807) is 0 Å². The Bertz CT molecular complexity index is 3010. The van der Waals surface area contributed by atoms with E-state index in [-0.39, 0.29) is 5.41 Å². The molecule has 57 heavy (non-hydrogen) atoms. The van der Waals surface area contributed by atoms with Crippen LogP contribution in [0.3, 0.4) is 0 Å². The summed E-state index contributed by atoms with van der Waals surface area (Å²) < 4.78 is 6.86. The van der Waals surface area contributed by atoms with E-state index in [4.69, 9.17) is 4.74 Å². The molecule has 1 aliphatic heterocycles. The maximum absolute atomic E-state index is 6.86. The molecule has 2 heteroatoms. The first-order valence-electron chi connectivity index (χ1n) is 19.7. The van der Waals surface area contributed by atoms with Crippen LogP contribution in [0, 0.1) is 0 Å². The molecule has 0 saturated carbocycles. The molecule has 0 atom stereocenters. The third-order valence-corrected chi connectivity index (χ3v) is 12.1. The van der Waals surface area contributed by atoms with Gasteiger partial charge >= 0.3 is 0 Å². The summed E-state index contributed by atoms with van der Waals surface area (Å²) in [4.78, 5) is 2.40. The maximum Gasteiger partial charge on any atom is 0.135 e. The van der Waals surface area contributed by atoms with Gasteiger partial charge in [-0.25, -0.2) is 0 Å². The molecule has 0 unspecified atom stereocenters. The number of hydrogen-bond donors (Lipinski definition) is 0. The molecule has 11 rings (SSSR count). The van der Waals surface area contributed by atoms with Crippen molar-refractivity contribution in [1.82, 2.24) is 0 Å². The van der Waals surface area contributed by atoms with E-state index in [1.165, 1.54) is 49.7 Å². The number of ether oxygens (including phenoxy) is 1. The Morgan fingerprint density at radius 1 is 0.333 bits per heavy atom. The van der Waals surface area contributed by atoms with Gasteiger partial charge in [-0.05, 0) is 127 Å². The normalized spacial score (nSPS) is 13.0. The van der Waals surface area contributed by atoms with Crippen LogP contribution >= 0.6 is 0 Å². The van der Waals surface area contributed by atoms with Gasteiger partial charge in [0.25, 0.3) is 0 Å². The summed E-state index contributed by atoms with van der Waals surface area (Å²) in [5.74, 6) is 1.69. The number of anilines is 3. The van der Waals surface area contributed by atoms with Gasteiger partial charge in [-0.2, -0.15) is 0 Å². The highest BCUT2D eigenvalue weighted by molar-refractivity contribution is 5.95. The molecule has 2 nitrogen and oxygen atoms in total. The Balaban J connectivity index is 1.05. The summed E-state index contributed by atoms with van der Waals surface area (Å²) in [5.41, 5.74) is 17.7. The summed E-state index contributed by atoms with van der Waals surface area (Å²) in [6.45, 7) is 4.69. The Labute approximate surface area is 333 Å². The molecule has 0 N–H and O–H groups in total. The summed E-state index contributed by atoms with van der Waals surface area (Å²) in [5, 5.41) is 2.48. The predicted molar refractivity (Wildman–Crippen MR) is 238 cm³/mol. The average molecular weight is 730 g/mol. The van der Waals surface area contributed by atoms with Gasteiger partial charge in [-0.1, -0.05) is 153 Å². The Morgan fingerprint density at radius 2 is 0.860 bits per heavy atom. The third-order valence-electron chi connectivity index (χ3n) is 12.1. The Morgan fingerprint density at radius 3 is 1.65 bits per heavy atom. The van der Waals surface area contributed by atoms with Crippen LogP contribution in [-0.4, -0.2) is 0 Å². The second kappa shape index (κ2) is 13.0. The quantitative estimate of drug-likeness (QED) is 0.175. The number of rotatable bonds is 5. The van der Waals surface area contributed by atoms with Crippen molar-refractivity contribution >= 4 is 27.8 Å². The van der Waals surface area contributed by atoms with Crippen LogP contribution in [0.25, 0.3) is 66.4 Å². The minimum absolute atomic E-state index is 0.122. The Kier molecular flexibility index (Phi) is 7.55. The molecule has 0 aromatic heterocycles. The van der Waals surface area contributed by atoms with E-state index < -0.39 is 0 Å². The number of benzene rings is 9. The van der Waals surface area contributed by atoms with Crippen molar-refractivity contribution in [2.75, 3.05) is 4.90 Å². The SMILES string of the molecule is CC1(C)c2ccccc2-c2ccc(N(c3ccc(-c4ccccc4)cc3)c3ccc4c(c3)-c3ccccc3-c3cc(-c5ccc6ccccc6c5)ccc3O4)cc21. The fraction of sp³-hybridized carbons (Fsp3) is 0.0545. The molecule has 0 bridgehead atoms. The minimum Gasteiger partial charge on any atom is -0.456 e. The first-order valence-corrected chi connectivity index (χ1v) is 19.7. The van der Waals surface area contributed by atoms with Gasteiger partial charge in [0.05, 0.1) is 0 Å². The van der Waals surface area contributed by atoms with Crippen molar-refractivity contribution in [1.29, 1.82) is 0 Å². The van der Waals surface area contributed by atoms with Gasteiger partial charge in [0, 0.05) is 33.6 Å². The third kappa shape index (κ3) is 5.48. The average Bonchev–Trinajstić information content (AvgIpc) is 3.40. The smallest absolute Gasteiger partial charge is 0.135 e. The van der Waals surface area contributed by atoms with Crippen LogP contribution in [0.2, 0.25) is 0 Å². The lowest BCUT2D eigenvalue weighted by atomic mass is 9.82. The van der Waals surface area contributed by atoms with Crippen LogP contribution in [0.4, 0.5) is 17.1 Å². The van der Waals surface area contributed by atoms with Crippen LogP contribution in [0.15, 0.2) is 200 Å². The van der Waals surface area contributed by atoms with Gasteiger partial charge in [0.15, 0.2) is 0 Å². The second-order valence-electron chi connectivity index (χ2n) is 15.7. The molecule has 270 valence electrons. The summed E-state index contributed by atoms with van der Waals surface area (Å²) in [7, 11) is 0. The second-order valence-corrected chi connectivity index (χ2v) is 15.7. The van der Waals surface area contributed by atoms with Gasteiger partial charge in [0.2, 0.25) is 0 Å². The lowest BCUT2D eigenvalue weighted by molar-refractivity contribution is 0.488. The van der Waals surface area contributed by atoms with E-state index in [1.807, 2.05) is 0 Å². The molecular formula is C55H39NO. The first-order chi connectivity index (χ1) is 28.0. The van der Waals surface area contributed by atoms with Crippen molar-refractivity contribution < 1.29 is 4.74 Å². The molecule has 0 fully saturated rings. The number of nitrogens with zero attached hydrogens (tertiary/aromatic N) is 1. The van der Waals surface area contributed by atoms with Gasteiger partial charge in [0.1, 0.15) is 11.5 Å². The molecule has 0 radical (unpaired) electrons. The Hall–Kier alpha value is -7.16. The van der Waals surface area contributed by atoms with Crippen LogP contribution in [-0.2, 0) is 5.41 Å². The lowest BCUT2D eigenvalue weighted by Gasteiger charge is -2.29. The first kappa shape index (κ1) is 33.2. The van der Waals surface area contributed by atoms with Crippen molar-refractivity contribution in [3.8, 4) is 67.1 Å². The highest BCUT2D eigenvalue weighted by atomic mass is 16.5. The van der Waals surface area contributed by atoms with E-state index in [0.29, 0.717) is 0 Å². The predicted octanol–water partition coefficient (Wildman–Crippen LogP) is 15.4. The maximum atomic E-state index is 6.86. The molecule has 1 heterocycles. The van der Waals surface area contributed by atoms with Gasteiger partial charge in [-0.15, -0.1) is 0 Å². The van der Waals surface area contributed by atoms with Gasteiger partial charge in [-0.3, -0.25) is 0 Å². The molecular weight excluding hydrogens is 691 g/mol. The van der Waals surface area contributed by atoms with Crippen LogP contribution in [0.1, 0.15) is 25.0 Å². The fourth-order valence-corrected chi connectivity index (χ4v) is 9.12. The van der Waals surface area contributed by atoms with Gasteiger partial charge < -0.3 is 9.64 Å². The summed E-state index contributed by atoms with van der Waals surface area (Å²) in [6.07, 6.45) is 0. The van der Waals surface area contributed by atoms with E-state index >= 15 is 0 Å². The topological polar surface area (TPSA) is 12.5 Å². The molecule has 0 amide bonds. The van der Waals surface area contributed by atoms with E-state index in [0.717, 1.165) is 56.4 Å². The number of hydrogen-bond acceptors (Lipinski definition) is 2. The standard InChI is InChI=1S/C55H39NO/c1-55(2)51-19-11-10-18-47(51)48-29-27-44(35-52(48)55)56(42-25-22-38(23-26-42)36-12-4-3-5-13-36)43-28-31-54-50(34-43)46-17-9-8-16-45(46)49-33-41(24-30-53(49)57-54)40-21-20-37-14-6-7-15-39(37)32-40/h3-35H,1-2H3. The van der Waals surface area contributed by atoms with Crippen molar-refractivity contribution in [3.63, 3.8) is 0 Å². The van der Waals surface area contributed by atoms with Crippen molar-refractivity contribution in [2.45, 2.75) is 19.3 Å².